The van der Waals surface area contributed by atoms with Crippen molar-refractivity contribution in [3.05, 3.63) is 55.3 Å². The highest BCUT2D eigenvalue weighted by Crippen LogP contribution is 2.27. The molecule has 1 saturated heterocycles. The van der Waals surface area contributed by atoms with E-state index in [4.69, 9.17) is 0 Å². The zero-order chi connectivity index (χ0) is 20.1. The van der Waals surface area contributed by atoms with E-state index in [1.165, 1.54) is 11.2 Å². The Bertz CT molecular complexity index is 1320. The molecule has 28 heavy (non-hydrogen) atoms. The van der Waals surface area contributed by atoms with Crippen molar-refractivity contribution < 1.29 is 8.42 Å². The predicted molar refractivity (Wildman–Crippen MR) is 99.8 cm³/mol. The van der Waals surface area contributed by atoms with Gasteiger partial charge in [0, 0.05) is 31.0 Å². The topological polar surface area (TPSA) is 154 Å². The Balaban J connectivity index is 1.62. The van der Waals surface area contributed by atoms with Crippen LogP contribution in [0.5, 0.6) is 0 Å². The quantitative estimate of drug-likeness (QED) is 0.530. The van der Waals surface area contributed by atoms with Crippen molar-refractivity contribution >= 4 is 21.2 Å². The van der Waals surface area contributed by atoms with E-state index in [9.17, 15) is 22.8 Å². The van der Waals surface area contributed by atoms with E-state index in [0.717, 1.165) is 0 Å². The van der Waals surface area contributed by atoms with Crippen molar-refractivity contribution in [1.82, 2.24) is 28.8 Å². The normalized spacial score (nSPS) is 16.6. The number of pyridine rings is 1. The molecule has 3 aromatic heterocycles. The zero-order valence-electron chi connectivity index (χ0n) is 14.9. The number of nitrogens with one attached hydrogen (secondary N) is 3. The molecule has 4 rings (SSSR count). The number of aromatic amines is 3. The fourth-order valence-corrected chi connectivity index (χ4v) is 5.34. The molecule has 0 aliphatic carbocycles. The minimum Gasteiger partial charge on any atom is -0.310 e. The number of sulfonamides is 1. The highest BCUT2D eigenvalue weighted by molar-refractivity contribution is 7.89. The smallest absolute Gasteiger partial charge is 0.310 e. The summed E-state index contributed by atoms with van der Waals surface area (Å²) in [4.78, 5) is 46.5. The number of H-pyrrole nitrogens is 3. The molecule has 148 valence electrons. The van der Waals surface area contributed by atoms with Gasteiger partial charge < -0.3 is 9.97 Å². The molecule has 1 aliphatic rings. The molecule has 4 heterocycles. The molecule has 0 spiro atoms. The van der Waals surface area contributed by atoms with E-state index >= 15 is 0 Å². The van der Waals surface area contributed by atoms with Gasteiger partial charge in [-0.05, 0) is 31.9 Å². The second kappa shape index (κ2) is 6.56. The van der Waals surface area contributed by atoms with Crippen molar-refractivity contribution in [2.45, 2.75) is 30.7 Å². The van der Waals surface area contributed by atoms with E-state index < -0.39 is 26.2 Å². The van der Waals surface area contributed by atoms with Gasteiger partial charge in [-0.2, -0.15) is 4.31 Å². The average molecular weight is 406 g/mol. The summed E-state index contributed by atoms with van der Waals surface area (Å²) in [6.07, 6.45) is 2.38. The summed E-state index contributed by atoms with van der Waals surface area (Å²) in [6, 6.07) is 3.27. The first-order chi connectivity index (χ1) is 13.3. The third kappa shape index (κ3) is 2.90. The maximum absolute atomic E-state index is 12.9. The lowest BCUT2D eigenvalue weighted by molar-refractivity contribution is 0.273. The maximum atomic E-state index is 12.9. The fraction of sp³-hybridized carbons (Fsp3) is 0.375. The van der Waals surface area contributed by atoms with Gasteiger partial charge in [-0.25, -0.2) is 23.0 Å². The number of aryl methyl sites for hydroxylation is 1. The second-order valence-corrected chi connectivity index (χ2v) is 8.55. The van der Waals surface area contributed by atoms with E-state index in [-0.39, 0.29) is 30.5 Å². The van der Waals surface area contributed by atoms with E-state index in [1.54, 1.807) is 22.9 Å². The van der Waals surface area contributed by atoms with Crippen molar-refractivity contribution in [3.8, 4) is 0 Å². The minimum absolute atomic E-state index is 0.00655. The zero-order valence-corrected chi connectivity index (χ0v) is 15.7. The van der Waals surface area contributed by atoms with Crippen LogP contribution in [0.25, 0.3) is 11.2 Å². The Labute approximate surface area is 158 Å². The first kappa shape index (κ1) is 18.4. The van der Waals surface area contributed by atoms with Crippen LogP contribution in [0.4, 0.5) is 0 Å². The molecule has 0 aromatic carbocycles. The Hall–Kier alpha value is -2.99. The number of imidazole rings is 1. The van der Waals surface area contributed by atoms with E-state index in [2.05, 4.69) is 15.0 Å². The van der Waals surface area contributed by atoms with Crippen molar-refractivity contribution in [2.24, 2.45) is 0 Å². The summed E-state index contributed by atoms with van der Waals surface area (Å²) in [5.41, 5.74) is -0.845. The Kier molecular flexibility index (Phi) is 4.31. The van der Waals surface area contributed by atoms with Crippen LogP contribution < -0.4 is 16.9 Å². The van der Waals surface area contributed by atoms with Crippen LogP contribution in [0.3, 0.4) is 0 Å². The molecule has 3 aromatic rings. The van der Waals surface area contributed by atoms with Crippen LogP contribution >= 0.6 is 0 Å². The summed E-state index contributed by atoms with van der Waals surface area (Å²) in [7, 11) is -4.08. The summed E-state index contributed by atoms with van der Waals surface area (Å²) in [5.74, 6) is 0. The van der Waals surface area contributed by atoms with E-state index in [1.807, 2.05) is 4.98 Å². The third-order valence-corrected chi connectivity index (χ3v) is 6.99. The third-order valence-electron chi connectivity index (χ3n) is 4.94. The molecular formula is C16H18N6O5S. The SMILES string of the molecule is Cc1[nH]c(=O)[nH]c(=O)c1S(=O)(=O)N1CCC(n2c(=O)[nH]c3cccnc32)CC1. The van der Waals surface area contributed by atoms with Gasteiger partial charge in [-0.1, -0.05) is 0 Å². The number of hydrogen-bond acceptors (Lipinski definition) is 6. The Morgan fingerprint density at radius 2 is 1.82 bits per heavy atom. The van der Waals surface area contributed by atoms with Gasteiger partial charge in [-0.15, -0.1) is 0 Å². The number of nitrogens with zero attached hydrogens (tertiary/aromatic N) is 3. The second-order valence-electron chi connectivity index (χ2n) is 6.67. The molecule has 0 unspecified atom stereocenters. The molecule has 0 atom stereocenters. The van der Waals surface area contributed by atoms with Crippen LogP contribution in [-0.2, 0) is 10.0 Å². The summed E-state index contributed by atoms with van der Waals surface area (Å²) in [5, 5.41) is 0. The van der Waals surface area contributed by atoms with Crippen molar-refractivity contribution in [1.29, 1.82) is 0 Å². The van der Waals surface area contributed by atoms with Gasteiger partial charge in [0.1, 0.15) is 0 Å². The van der Waals surface area contributed by atoms with Crippen LogP contribution in [-0.4, -0.2) is 50.3 Å². The van der Waals surface area contributed by atoms with Gasteiger partial charge in [-0.3, -0.25) is 14.3 Å². The molecule has 0 saturated carbocycles. The Morgan fingerprint density at radius 1 is 1.11 bits per heavy atom. The molecule has 1 aliphatic heterocycles. The van der Waals surface area contributed by atoms with Crippen molar-refractivity contribution in [3.63, 3.8) is 0 Å². The predicted octanol–water partition coefficient (Wildman–Crippen LogP) is -0.565. The lowest BCUT2D eigenvalue weighted by atomic mass is 10.1. The lowest BCUT2D eigenvalue weighted by Gasteiger charge is -2.31. The Morgan fingerprint density at radius 3 is 2.50 bits per heavy atom. The molecule has 1 fully saturated rings. The molecular weight excluding hydrogens is 388 g/mol. The molecule has 3 N–H and O–H groups in total. The van der Waals surface area contributed by atoms with Crippen LogP contribution in [0.2, 0.25) is 0 Å². The maximum Gasteiger partial charge on any atom is 0.327 e. The largest absolute Gasteiger partial charge is 0.327 e. The lowest BCUT2D eigenvalue weighted by Crippen LogP contribution is -2.43. The monoisotopic (exact) mass is 406 g/mol. The van der Waals surface area contributed by atoms with Gasteiger partial charge in [0.15, 0.2) is 10.5 Å². The molecule has 0 radical (unpaired) electrons. The summed E-state index contributed by atoms with van der Waals surface area (Å²) < 4.78 is 28.6. The minimum atomic E-state index is -4.08. The van der Waals surface area contributed by atoms with Crippen molar-refractivity contribution in [2.75, 3.05) is 13.1 Å². The van der Waals surface area contributed by atoms with Crippen LogP contribution in [0.1, 0.15) is 24.6 Å². The van der Waals surface area contributed by atoms with Gasteiger partial charge in [0.2, 0.25) is 10.0 Å². The van der Waals surface area contributed by atoms with E-state index in [0.29, 0.717) is 24.0 Å². The molecule has 0 amide bonds. The first-order valence-corrected chi connectivity index (χ1v) is 10.1. The highest BCUT2D eigenvalue weighted by Gasteiger charge is 2.34. The standard InChI is InChI=1S/C16H18N6O5S/c1-9-12(14(23)20-15(24)18-9)28(26,27)21-7-4-10(5-8-21)22-13-11(19-16(22)25)3-2-6-17-13/h2-3,6,10H,4-5,7-8H2,1H3,(H,19,25)(H2,18,20,23,24). The number of rotatable bonds is 3. The summed E-state index contributed by atoms with van der Waals surface area (Å²) >= 11 is 0. The molecule has 11 nitrogen and oxygen atoms in total. The fourth-order valence-electron chi connectivity index (χ4n) is 3.67. The van der Waals surface area contributed by atoms with Gasteiger partial charge >= 0.3 is 11.4 Å². The molecule has 12 heteroatoms. The number of hydrogen-bond donors (Lipinski definition) is 3. The van der Waals surface area contributed by atoms with Crippen LogP contribution in [0, 0.1) is 6.92 Å². The van der Waals surface area contributed by atoms with Gasteiger partial charge in [0.05, 0.1) is 5.52 Å². The summed E-state index contributed by atoms with van der Waals surface area (Å²) in [6.45, 7) is 1.64. The first-order valence-electron chi connectivity index (χ1n) is 8.67. The highest BCUT2D eigenvalue weighted by atomic mass is 32.2. The number of fused-ring (bicyclic) bond motifs is 1. The molecule has 0 bridgehead atoms. The number of aromatic nitrogens is 5. The van der Waals surface area contributed by atoms with Crippen LogP contribution in [0.15, 0.2) is 37.6 Å². The average Bonchev–Trinajstić information content (AvgIpc) is 2.96. The number of piperidine rings is 1. The van der Waals surface area contributed by atoms with Gasteiger partial charge in [0.25, 0.3) is 5.56 Å².